The number of aromatic nitrogens is 3. The molecule has 39 heavy (non-hydrogen) atoms. The molecular formula is C27H23F5N4O3. The van der Waals surface area contributed by atoms with Crippen LogP contribution in [0.15, 0.2) is 41.5 Å². The monoisotopic (exact) mass is 546 g/mol. The maximum absolute atomic E-state index is 14.2. The molecule has 1 fully saturated rings. The largest absolute Gasteiger partial charge is 0.438 e. The first-order valence-electron chi connectivity index (χ1n) is 12.0. The van der Waals surface area contributed by atoms with Crippen molar-refractivity contribution in [2.75, 3.05) is 25.1 Å². The smallest absolute Gasteiger partial charge is 0.418 e. The van der Waals surface area contributed by atoms with Gasteiger partial charge in [-0.05, 0) is 44.0 Å². The number of pyridine rings is 3. The summed E-state index contributed by atoms with van der Waals surface area (Å²) in [5.41, 5.74) is -1.77. The summed E-state index contributed by atoms with van der Waals surface area (Å²) >= 11 is 0. The number of fused-ring (bicyclic) bond motifs is 1. The lowest BCUT2D eigenvalue weighted by molar-refractivity contribution is -0.138. The van der Waals surface area contributed by atoms with E-state index in [1.54, 1.807) is 13.2 Å². The molecule has 0 amide bonds. The molecule has 1 saturated heterocycles. The van der Waals surface area contributed by atoms with Crippen LogP contribution in [0.2, 0.25) is 0 Å². The van der Waals surface area contributed by atoms with Crippen LogP contribution in [0.25, 0.3) is 22.2 Å². The summed E-state index contributed by atoms with van der Waals surface area (Å²) in [6.45, 7) is 3.64. The fourth-order valence-corrected chi connectivity index (χ4v) is 4.78. The van der Waals surface area contributed by atoms with Crippen LogP contribution >= 0.6 is 0 Å². The minimum atomic E-state index is -4.75. The second-order valence-corrected chi connectivity index (χ2v) is 9.26. The van der Waals surface area contributed by atoms with Crippen molar-refractivity contribution in [2.45, 2.75) is 32.5 Å². The minimum absolute atomic E-state index is 0.00665. The zero-order valence-electron chi connectivity index (χ0n) is 21.1. The number of hydrogen-bond acceptors (Lipinski definition) is 6. The Kier molecular flexibility index (Phi) is 6.75. The first-order chi connectivity index (χ1) is 18.5. The minimum Gasteiger partial charge on any atom is -0.438 e. The Morgan fingerprint density at radius 3 is 2.56 bits per heavy atom. The summed E-state index contributed by atoms with van der Waals surface area (Å²) in [5, 5.41) is 0.273. The molecule has 4 heterocycles. The molecule has 204 valence electrons. The van der Waals surface area contributed by atoms with Gasteiger partial charge in [-0.2, -0.15) is 13.2 Å². The lowest BCUT2D eigenvalue weighted by Crippen LogP contribution is -2.24. The Morgan fingerprint density at radius 1 is 1.10 bits per heavy atom. The van der Waals surface area contributed by atoms with E-state index < -0.39 is 28.8 Å². The average molecular weight is 546 g/mol. The molecule has 4 aromatic rings. The van der Waals surface area contributed by atoms with Gasteiger partial charge in [-0.1, -0.05) is 0 Å². The summed E-state index contributed by atoms with van der Waals surface area (Å²) in [6.07, 6.45) is -1.91. The van der Waals surface area contributed by atoms with Gasteiger partial charge in [0.05, 0.1) is 33.8 Å². The highest BCUT2D eigenvalue weighted by atomic mass is 19.4. The van der Waals surface area contributed by atoms with Gasteiger partial charge in [0.15, 0.2) is 17.1 Å². The highest BCUT2D eigenvalue weighted by Crippen LogP contribution is 2.41. The highest BCUT2D eigenvalue weighted by Gasteiger charge is 2.35. The van der Waals surface area contributed by atoms with Crippen LogP contribution < -0.4 is 15.1 Å². The molecule has 0 bridgehead atoms. The fraction of sp³-hybridized carbons (Fsp3) is 0.296. The van der Waals surface area contributed by atoms with Crippen molar-refractivity contribution in [2.24, 2.45) is 0 Å². The summed E-state index contributed by atoms with van der Waals surface area (Å²) in [4.78, 5) is 26.6. The van der Waals surface area contributed by atoms with Gasteiger partial charge in [0.2, 0.25) is 5.88 Å². The number of nitrogens with one attached hydrogen (secondary N) is 1. The predicted octanol–water partition coefficient (Wildman–Crippen LogP) is 5.92. The van der Waals surface area contributed by atoms with Crippen LogP contribution in [-0.2, 0) is 10.9 Å². The van der Waals surface area contributed by atoms with Gasteiger partial charge in [-0.3, -0.25) is 4.79 Å². The number of H-pyrrole nitrogens is 1. The molecule has 1 N–H and O–H groups in total. The first-order valence-corrected chi connectivity index (χ1v) is 12.0. The Bertz CT molecular complexity index is 1640. The summed E-state index contributed by atoms with van der Waals surface area (Å²) in [6, 6.07) is 4.69. The van der Waals surface area contributed by atoms with Crippen molar-refractivity contribution in [1.29, 1.82) is 0 Å². The fourth-order valence-electron chi connectivity index (χ4n) is 4.78. The molecule has 5 rings (SSSR count). The van der Waals surface area contributed by atoms with E-state index in [1.807, 2.05) is 4.90 Å². The Morgan fingerprint density at radius 2 is 1.87 bits per heavy atom. The summed E-state index contributed by atoms with van der Waals surface area (Å²) in [7, 11) is 1.61. The SMILES string of the molecule is CO[C@H]1CCN(c2nccc3[nH]c(-c4c(Oc5ccc(F)c(F)c5C)ncc(C(F)(F)F)c4C)cc(=O)c23)C1. The van der Waals surface area contributed by atoms with E-state index in [1.165, 1.54) is 20.0 Å². The molecule has 7 nitrogen and oxygen atoms in total. The molecule has 3 aromatic heterocycles. The number of alkyl halides is 3. The molecule has 0 aliphatic carbocycles. The number of nitrogens with zero attached hydrogens (tertiary/aromatic N) is 3. The Labute approximate surface area is 219 Å². The van der Waals surface area contributed by atoms with Gasteiger partial charge in [0.1, 0.15) is 11.6 Å². The molecule has 0 saturated carbocycles. The van der Waals surface area contributed by atoms with E-state index in [9.17, 15) is 26.7 Å². The van der Waals surface area contributed by atoms with Gasteiger partial charge < -0.3 is 19.4 Å². The predicted molar refractivity (Wildman–Crippen MR) is 134 cm³/mol. The van der Waals surface area contributed by atoms with E-state index in [4.69, 9.17) is 9.47 Å². The second-order valence-electron chi connectivity index (χ2n) is 9.26. The third kappa shape index (κ3) is 4.80. The number of rotatable bonds is 5. The lowest BCUT2D eigenvalue weighted by atomic mass is 10.0. The lowest BCUT2D eigenvalue weighted by Gasteiger charge is -2.20. The third-order valence-electron chi connectivity index (χ3n) is 6.87. The molecule has 1 aromatic carbocycles. The van der Waals surface area contributed by atoms with E-state index >= 15 is 0 Å². The van der Waals surface area contributed by atoms with Gasteiger partial charge >= 0.3 is 6.18 Å². The number of ether oxygens (including phenoxy) is 2. The molecular weight excluding hydrogens is 523 g/mol. The molecule has 12 heteroatoms. The Hall–Kier alpha value is -4.06. The van der Waals surface area contributed by atoms with E-state index in [0.29, 0.717) is 30.6 Å². The van der Waals surface area contributed by atoms with E-state index in [2.05, 4.69) is 15.0 Å². The van der Waals surface area contributed by atoms with Gasteiger partial charge in [0.25, 0.3) is 0 Å². The number of halogens is 5. The third-order valence-corrected chi connectivity index (χ3v) is 6.87. The quantitative estimate of drug-likeness (QED) is 0.313. The van der Waals surface area contributed by atoms with Crippen molar-refractivity contribution >= 4 is 16.7 Å². The van der Waals surface area contributed by atoms with Gasteiger partial charge in [-0.15, -0.1) is 0 Å². The van der Waals surface area contributed by atoms with Crippen molar-refractivity contribution in [3.8, 4) is 22.9 Å². The zero-order valence-corrected chi connectivity index (χ0v) is 21.1. The van der Waals surface area contributed by atoms with Gasteiger partial charge in [-0.25, -0.2) is 18.7 Å². The standard InChI is InChI=1S/C27H23F5N4O3/c1-13-16(27(30,31)32)11-34-26(39-21-5-4-17(28)24(29)14(21)2)22(13)19-10-20(37)23-18(35-19)6-8-33-25(23)36-9-7-15(12-36)38-3/h4-6,8,10-11,15H,7,9,12H2,1-3H3,(H,35,37)/t15-/m0/s1. The van der Waals surface area contributed by atoms with Crippen molar-refractivity contribution in [1.82, 2.24) is 15.0 Å². The molecule has 1 aliphatic rings. The molecule has 0 spiro atoms. The van der Waals surface area contributed by atoms with Crippen molar-refractivity contribution in [3.63, 3.8) is 0 Å². The Balaban J connectivity index is 1.69. The topological polar surface area (TPSA) is 80.3 Å². The average Bonchev–Trinajstić information content (AvgIpc) is 3.37. The maximum Gasteiger partial charge on any atom is 0.418 e. The van der Waals surface area contributed by atoms with Crippen molar-refractivity contribution in [3.05, 3.63) is 75.2 Å². The highest BCUT2D eigenvalue weighted by molar-refractivity contribution is 5.91. The van der Waals surface area contributed by atoms with Crippen LogP contribution in [0.4, 0.5) is 27.8 Å². The molecule has 1 aliphatic heterocycles. The number of hydrogen-bond donors (Lipinski definition) is 1. The molecule has 1 atom stereocenters. The number of aromatic amines is 1. The van der Waals surface area contributed by atoms with Crippen LogP contribution in [0.5, 0.6) is 11.6 Å². The maximum atomic E-state index is 14.2. The second kappa shape index (κ2) is 9.92. The summed E-state index contributed by atoms with van der Waals surface area (Å²) in [5.74, 6) is -2.28. The first kappa shape index (κ1) is 26.5. The van der Waals surface area contributed by atoms with Crippen molar-refractivity contribution < 1.29 is 31.4 Å². The molecule has 0 radical (unpaired) electrons. The molecule has 0 unspecified atom stereocenters. The van der Waals surface area contributed by atoms with Crippen LogP contribution in [0.1, 0.15) is 23.1 Å². The number of benzene rings is 1. The van der Waals surface area contributed by atoms with Gasteiger partial charge in [0, 0.05) is 44.2 Å². The number of anilines is 1. The number of methoxy groups -OCH3 is 1. The van der Waals surface area contributed by atoms with E-state index in [0.717, 1.165) is 24.6 Å². The van der Waals surface area contributed by atoms with Crippen LogP contribution in [0.3, 0.4) is 0 Å². The van der Waals surface area contributed by atoms with Crippen LogP contribution in [-0.4, -0.2) is 41.3 Å². The zero-order chi connectivity index (χ0) is 28.1. The van der Waals surface area contributed by atoms with E-state index in [-0.39, 0.29) is 45.5 Å². The summed E-state index contributed by atoms with van der Waals surface area (Å²) < 4.78 is 80.4. The normalized spacial score (nSPS) is 15.8. The van der Waals surface area contributed by atoms with Crippen LogP contribution in [0, 0.1) is 25.5 Å².